The number of halogens is 2. The Morgan fingerprint density at radius 1 is 0.468 bits per heavy atom. The van der Waals surface area contributed by atoms with E-state index < -0.39 is 14.0 Å². The highest BCUT2D eigenvalue weighted by atomic mass is 79.9. The van der Waals surface area contributed by atoms with Crippen molar-refractivity contribution in [2.45, 2.75) is 156 Å². The van der Waals surface area contributed by atoms with Crippen LogP contribution in [0.1, 0.15) is 134 Å². The normalized spacial score (nSPS) is 23.0. The van der Waals surface area contributed by atoms with Crippen LogP contribution in [0.25, 0.3) is 0 Å². The molecule has 0 atom stereocenters. The summed E-state index contributed by atoms with van der Waals surface area (Å²) in [4.78, 5) is 0. The summed E-state index contributed by atoms with van der Waals surface area (Å²) in [5.41, 5.74) is 1.73. The predicted octanol–water partition coefficient (Wildman–Crippen LogP) is 9.69. The van der Waals surface area contributed by atoms with Gasteiger partial charge in [-0.15, -0.1) is 0 Å². The van der Waals surface area contributed by atoms with Gasteiger partial charge in [-0.25, -0.2) is 0 Å². The van der Waals surface area contributed by atoms with Gasteiger partial charge in [0.1, 0.15) is 0 Å². The molecule has 0 amide bonds. The van der Waals surface area contributed by atoms with E-state index in [4.69, 9.17) is 27.9 Å². The molecule has 6 nitrogen and oxygen atoms in total. The van der Waals surface area contributed by atoms with Crippen LogP contribution in [0.5, 0.6) is 0 Å². The van der Waals surface area contributed by atoms with Crippen molar-refractivity contribution < 1.29 is 27.9 Å². The Bertz CT molecular complexity index is 1290. The summed E-state index contributed by atoms with van der Waals surface area (Å²) >= 11 is 7.00. The number of hydrogen-bond acceptors (Lipinski definition) is 6. The van der Waals surface area contributed by atoms with Gasteiger partial charge in [0.25, 0.3) is 0 Å². The standard InChI is InChI=1S/C15H22BBrO2.C12H24B2O4.C9H11Br/c1-10(2)11-7-12(9-13(17)8-11)16-18-14(3,4)15(5,6)19-16;1-9(2)10(3,4)16-13(15-9)14-17-11(5,6)12(7,8)18-14;1-7(2)8-4-3-5-9(10)6-8/h7-10H,1-6H3;1-8H3;3-7H,1-2H3. The summed E-state index contributed by atoms with van der Waals surface area (Å²) < 4.78 is 38.3. The molecule has 3 aliphatic heterocycles. The highest BCUT2D eigenvalue weighted by molar-refractivity contribution is 9.10. The zero-order valence-corrected chi connectivity index (χ0v) is 34.8. The van der Waals surface area contributed by atoms with E-state index in [0.717, 1.165) is 9.94 Å². The van der Waals surface area contributed by atoms with Crippen LogP contribution < -0.4 is 5.46 Å². The van der Waals surface area contributed by atoms with Crippen molar-refractivity contribution in [3.63, 3.8) is 0 Å². The van der Waals surface area contributed by atoms with Crippen LogP contribution in [0.4, 0.5) is 0 Å². The minimum atomic E-state index is -0.476. The molecule has 5 rings (SSSR count). The molecule has 11 heteroatoms. The minimum Gasteiger partial charge on any atom is -0.405 e. The van der Waals surface area contributed by atoms with Crippen LogP contribution in [0.3, 0.4) is 0 Å². The molecule has 47 heavy (non-hydrogen) atoms. The maximum Gasteiger partial charge on any atom is 0.494 e. The Morgan fingerprint density at radius 3 is 1.17 bits per heavy atom. The zero-order chi connectivity index (χ0) is 36.0. The van der Waals surface area contributed by atoms with Gasteiger partial charge >= 0.3 is 21.1 Å². The van der Waals surface area contributed by atoms with Gasteiger partial charge in [-0.1, -0.05) is 77.8 Å². The van der Waals surface area contributed by atoms with Crippen LogP contribution in [0.15, 0.2) is 51.4 Å². The first-order chi connectivity index (χ1) is 21.2. The molecule has 3 aliphatic rings. The average molecular weight is 778 g/mol. The van der Waals surface area contributed by atoms with Crippen LogP contribution in [0.2, 0.25) is 0 Å². The van der Waals surface area contributed by atoms with Crippen molar-refractivity contribution in [1.29, 1.82) is 0 Å². The van der Waals surface area contributed by atoms with Crippen LogP contribution >= 0.6 is 31.9 Å². The van der Waals surface area contributed by atoms with Gasteiger partial charge in [0.05, 0.1) is 33.6 Å². The SMILES string of the molecule is CC(C)c1cc(Br)cc(B2OC(C)(C)C(C)(C)O2)c1.CC(C)c1cccc(Br)c1.CC1(C)OB(B2OC(C)(C)C(C)(C)O2)OC1(C)C. The van der Waals surface area contributed by atoms with Gasteiger partial charge < -0.3 is 27.9 Å². The maximum absolute atomic E-state index is 6.10. The van der Waals surface area contributed by atoms with E-state index in [1.54, 1.807) is 0 Å². The van der Waals surface area contributed by atoms with Crippen molar-refractivity contribution in [3.05, 3.63) is 62.5 Å². The fourth-order valence-electron chi connectivity index (χ4n) is 4.95. The van der Waals surface area contributed by atoms with Crippen LogP contribution in [-0.2, 0) is 27.9 Å². The van der Waals surface area contributed by atoms with E-state index in [2.05, 4.69) is 124 Å². The highest BCUT2D eigenvalue weighted by Gasteiger charge is 2.63. The summed E-state index contributed by atoms with van der Waals surface area (Å²) in [6.07, 6.45) is 0. The molecule has 0 radical (unpaired) electrons. The summed E-state index contributed by atoms with van der Waals surface area (Å²) in [6, 6.07) is 14.8. The van der Waals surface area contributed by atoms with Crippen molar-refractivity contribution in [1.82, 2.24) is 0 Å². The third kappa shape index (κ3) is 9.58. The van der Waals surface area contributed by atoms with Gasteiger partial charge in [-0.05, 0) is 136 Å². The number of rotatable bonds is 4. The van der Waals surface area contributed by atoms with Gasteiger partial charge in [0.15, 0.2) is 0 Å². The molecule has 3 saturated heterocycles. The third-order valence-electron chi connectivity index (χ3n) is 10.4. The Kier molecular flexibility index (Phi) is 12.6. The summed E-state index contributed by atoms with van der Waals surface area (Å²) in [6.45, 7) is 33.3. The molecule has 0 aromatic heterocycles. The third-order valence-corrected chi connectivity index (χ3v) is 11.4. The molecular formula is C36H57B3Br2O6. The molecule has 3 heterocycles. The van der Waals surface area contributed by atoms with E-state index in [0.29, 0.717) is 11.8 Å². The van der Waals surface area contributed by atoms with Gasteiger partial charge in [-0.3, -0.25) is 0 Å². The average Bonchev–Trinajstić information content (AvgIpc) is 3.38. The lowest BCUT2D eigenvalue weighted by molar-refractivity contribution is 0.00578. The van der Waals surface area contributed by atoms with Crippen LogP contribution in [0, 0.1) is 0 Å². The minimum absolute atomic E-state index is 0.292. The molecule has 3 fully saturated rings. The van der Waals surface area contributed by atoms with E-state index in [-0.39, 0.29) is 40.7 Å². The molecule has 0 saturated carbocycles. The second-order valence-corrected chi connectivity index (χ2v) is 18.4. The van der Waals surface area contributed by atoms with E-state index in [1.165, 1.54) is 15.6 Å². The summed E-state index contributed by atoms with van der Waals surface area (Å²) in [5.74, 6) is 1.11. The van der Waals surface area contributed by atoms with Crippen molar-refractivity contribution >= 4 is 58.5 Å². The zero-order valence-electron chi connectivity index (χ0n) is 31.6. The first-order valence-electron chi connectivity index (χ1n) is 16.8. The Hall–Kier alpha value is -0.645. The molecule has 0 spiro atoms. The highest BCUT2D eigenvalue weighted by Crippen LogP contribution is 2.43. The Balaban J connectivity index is 0.000000201. The van der Waals surface area contributed by atoms with Gasteiger partial charge in [-0.2, -0.15) is 0 Å². The molecule has 2 aromatic carbocycles. The lowest BCUT2D eigenvalue weighted by atomic mass is 9.49. The molecule has 0 aliphatic carbocycles. The monoisotopic (exact) mass is 776 g/mol. The van der Waals surface area contributed by atoms with Crippen molar-refractivity contribution in [3.8, 4) is 0 Å². The molecule has 2 aromatic rings. The maximum atomic E-state index is 6.10. The van der Waals surface area contributed by atoms with E-state index in [9.17, 15) is 0 Å². The smallest absolute Gasteiger partial charge is 0.405 e. The Morgan fingerprint density at radius 2 is 0.830 bits per heavy atom. The van der Waals surface area contributed by atoms with E-state index in [1.807, 2.05) is 61.5 Å². The number of benzene rings is 2. The molecule has 260 valence electrons. The van der Waals surface area contributed by atoms with Crippen LogP contribution in [-0.4, -0.2) is 54.7 Å². The summed E-state index contributed by atoms with van der Waals surface area (Å²) in [7, 11) is -1.24. The first kappa shape index (κ1) is 40.8. The van der Waals surface area contributed by atoms with Crippen molar-refractivity contribution in [2.75, 3.05) is 0 Å². The lowest BCUT2D eigenvalue weighted by Gasteiger charge is -2.32. The lowest BCUT2D eigenvalue weighted by Crippen LogP contribution is -2.41. The second kappa shape index (κ2) is 14.5. The molecule has 0 N–H and O–H groups in total. The largest absolute Gasteiger partial charge is 0.494 e. The fourth-order valence-corrected chi connectivity index (χ4v) is 5.90. The predicted molar refractivity (Wildman–Crippen MR) is 204 cm³/mol. The Labute approximate surface area is 303 Å². The quantitative estimate of drug-likeness (QED) is 0.289. The molecule has 0 bridgehead atoms. The van der Waals surface area contributed by atoms with Gasteiger partial charge in [0, 0.05) is 8.95 Å². The fraction of sp³-hybridized carbons (Fsp3) is 0.667. The first-order valence-corrected chi connectivity index (χ1v) is 18.4. The number of hydrogen-bond donors (Lipinski definition) is 0. The molecular weight excluding hydrogens is 721 g/mol. The summed E-state index contributed by atoms with van der Waals surface area (Å²) in [5, 5.41) is 0. The molecule has 0 unspecified atom stereocenters. The van der Waals surface area contributed by atoms with Crippen molar-refractivity contribution in [2.24, 2.45) is 0 Å². The van der Waals surface area contributed by atoms with Gasteiger partial charge in [0.2, 0.25) is 0 Å². The second-order valence-electron chi connectivity index (χ2n) is 16.5. The van der Waals surface area contributed by atoms with E-state index >= 15 is 0 Å². The topological polar surface area (TPSA) is 55.4 Å².